The maximum atomic E-state index is 4.80. The van der Waals surface area contributed by atoms with E-state index in [0.717, 1.165) is 17.9 Å². The topological polar surface area (TPSA) is 15.6 Å². The lowest BCUT2D eigenvalue weighted by atomic mass is 9.95. The SMILES string of the molecule is C1=CC(N(c2ccc3ccccc3c2)c2ccc3ccccc3c2)CC=C1c1ccc(CS2=Nc3ccccc32)cc1. The van der Waals surface area contributed by atoms with E-state index in [1.807, 2.05) is 0 Å². The Morgan fingerprint density at radius 3 is 1.88 bits per heavy atom. The van der Waals surface area contributed by atoms with Gasteiger partial charge in [0.2, 0.25) is 0 Å². The normalized spacial score (nSPS) is 17.3. The van der Waals surface area contributed by atoms with Gasteiger partial charge in [-0.3, -0.25) is 0 Å². The standard InChI is InChI=1S/C39H30N2S/c1-3-9-33-25-36(23-19-29(33)7-1)41(37-24-20-30-8-2-4-10-34(30)26-37)35-21-17-32(18-22-35)31-15-13-28(14-16-31)27-42-39-12-6-5-11-38(39)40-42/h1-21,23-26,35H,22,27H2. The maximum Gasteiger partial charge on any atom is 0.0852 e. The summed E-state index contributed by atoms with van der Waals surface area (Å²) in [4.78, 5) is 3.89. The molecule has 3 heteroatoms. The summed E-state index contributed by atoms with van der Waals surface area (Å²) < 4.78 is 4.80. The minimum Gasteiger partial charge on any atom is -0.334 e. The first-order valence-electron chi connectivity index (χ1n) is 14.5. The van der Waals surface area contributed by atoms with Crippen LogP contribution in [0.25, 0.3) is 27.1 Å². The number of allylic oxidation sites excluding steroid dienone is 2. The summed E-state index contributed by atoms with van der Waals surface area (Å²) in [7, 11) is -0.00749. The lowest BCUT2D eigenvalue weighted by Gasteiger charge is -2.33. The van der Waals surface area contributed by atoms with Crippen molar-refractivity contribution in [1.29, 1.82) is 0 Å². The average Bonchev–Trinajstić information content (AvgIpc) is 3.04. The van der Waals surface area contributed by atoms with Gasteiger partial charge >= 0.3 is 0 Å². The Hall–Kier alpha value is -4.73. The van der Waals surface area contributed by atoms with Crippen molar-refractivity contribution in [1.82, 2.24) is 0 Å². The summed E-state index contributed by atoms with van der Waals surface area (Å²) in [5.41, 5.74) is 7.48. The third-order valence-electron chi connectivity index (χ3n) is 8.35. The molecule has 0 fully saturated rings. The molecule has 42 heavy (non-hydrogen) atoms. The van der Waals surface area contributed by atoms with Crippen molar-refractivity contribution in [2.45, 2.75) is 23.1 Å². The quantitative estimate of drug-likeness (QED) is 0.198. The van der Waals surface area contributed by atoms with Crippen molar-refractivity contribution in [3.8, 4) is 0 Å². The number of benzene rings is 6. The second-order valence-electron chi connectivity index (χ2n) is 11.0. The molecular weight excluding hydrogens is 529 g/mol. The predicted octanol–water partition coefficient (Wildman–Crippen LogP) is 10.5. The van der Waals surface area contributed by atoms with Gasteiger partial charge in [-0.15, -0.1) is 0 Å². The van der Waals surface area contributed by atoms with E-state index in [4.69, 9.17) is 4.36 Å². The van der Waals surface area contributed by atoms with Gasteiger partial charge in [0.05, 0.1) is 11.7 Å². The molecule has 0 spiro atoms. The van der Waals surface area contributed by atoms with Crippen molar-refractivity contribution in [3.63, 3.8) is 0 Å². The van der Waals surface area contributed by atoms with Gasteiger partial charge in [0.25, 0.3) is 0 Å². The Morgan fingerprint density at radius 1 is 0.643 bits per heavy atom. The van der Waals surface area contributed by atoms with Gasteiger partial charge in [0.1, 0.15) is 0 Å². The first-order chi connectivity index (χ1) is 20.8. The van der Waals surface area contributed by atoms with Crippen LogP contribution < -0.4 is 4.90 Å². The molecule has 202 valence electrons. The fourth-order valence-corrected chi connectivity index (χ4v) is 7.80. The van der Waals surface area contributed by atoms with Crippen LogP contribution >= 0.6 is 0 Å². The van der Waals surface area contributed by atoms with Crippen LogP contribution in [0.2, 0.25) is 0 Å². The van der Waals surface area contributed by atoms with Crippen LogP contribution in [0.1, 0.15) is 17.5 Å². The van der Waals surface area contributed by atoms with Gasteiger partial charge in [-0.25, -0.2) is 4.36 Å². The van der Waals surface area contributed by atoms with Gasteiger partial charge in [-0.2, -0.15) is 0 Å². The highest BCUT2D eigenvalue weighted by molar-refractivity contribution is 7.88. The average molecular weight is 559 g/mol. The molecule has 2 unspecified atom stereocenters. The Kier molecular flexibility index (Phi) is 6.31. The number of hydrogen-bond donors (Lipinski definition) is 0. The molecule has 6 aromatic rings. The Morgan fingerprint density at radius 2 is 1.26 bits per heavy atom. The molecule has 1 aliphatic heterocycles. The number of hydrogen-bond acceptors (Lipinski definition) is 2. The van der Waals surface area contributed by atoms with Gasteiger partial charge < -0.3 is 4.90 Å². The molecule has 1 aliphatic carbocycles. The first kappa shape index (κ1) is 25.0. The van der Waals surface area contributed by atoms with E-state index in [-0.39, 0.29) is 16.7 Å². The Labute approximate surface area is 249 Å². The highest BCUT2D eigenvalue weighted by Gasteiger charge is 2.22. The fraction of sp³-hybridized carbons (Fsp3) is 0.0769. The number of fused-ring (bicyclic) bond motifs is 3. The molecule has 0 N–H and O–H groups in total. The second kappa shape index (κ2) is 10.6. The van der Waals surface area contributed by atoms with Gasteiger partial charge in [-0.1, -0.05) is 126 Å². The second-order valence-corrected chi connectivity index (χ2v) is 12.7. The molecule has 0 bridgehead atoms. The molecule has 0 amide bonds. The van der Waals surface area contributed by atoms with E-state index in [2.05, 4.69) is 157 Å². The van der Waals surface area contributed by atoms with Crippen LogP contribution in [0.4, 0.5) is 17.1 Å². The Balaban J connectivity index is 1.07. The smallest absolute Gasteiger partial charge is 0.0852 e. The predicted molar refractivity (Wildman–Crippen MR) is 180 cm³/mol. The van der Waals surface area contributed by atoms with Crippen LogP contribution in [0.15, 0.2) is 161 Å². The van der Waals surface area contributed by atoms with Crippen LogP contribution in [0.5, 0.6) is 0 Å². The van der Waals surface area contributed by atoms with Crippen molar-refractivity contribution in [2.24, 2.45) is 4.36 Å². The molecule has 2 nitrogen and oxygen atoms in total. The molecule has 6 aromatic carbocycles. The molecule has 1 heterocycles. The highest BCUT2D eigenvalue weighted by atomic mass is 32.2. The summed E-state index contributed by atoms with van der Waals surface area (Å²) in [5.74, 6) is 0.987. The first-order valence-corrected chi connectivity index (χ1v) is 15.9. The number of anilines is 2. The number of rotatable bonds is 6. The van der Waals surface area contributed by atoms with E-state index < -0.39 is 0 Å². The minimum atomic E-state index is -0.00749. The van der Waals surface area contributed by atoms with Crippen LogP contribution in [-0.4, -0.2) is 6.04 Å². The third kappa shape index (κ3) is 4.66. The zero-order valence-corrected chi connectivity index (χ0v) is 24.0. The van der Waals surface area contributed by atoms with Crippen LogP contribution in [-0.2, 0) is 16.4 Å². The van der Waals surface area contributed by atoms with E-state index in [9.17, 15) is 0 Å². The van der Waals surface area contributed by atoms with Crippen molar-refractivity contribution < 1.29 is 0 Å². The largest absolute Gasteiger partial charge is 0.334 e. The zero-order valence-electron chi connectivity index (χ0n) is 23.2. The summed E-state index contributed by atoms with van der Waals surface area (Å²) in [6.45, 7) is 0. The van der Waals surface area contributed by atoms with Crippen molar-refractivity contribution >= 4 is 54.9 Å². The molecular formula is C39H30N2S. The van der Waals surface area contributed by atoms with E-state index in [1.54, 1.807) is 0 Å². The Bertz CT molecular complexity index is 1970. The summed E-state index contributed by atoms with van der Waals surface area (Å²) in [5, 5.41) is 5.05. The monoisotopic (exact) mass is 558 g/mol. The van der Waals surface area contributed by atoms with Gasteiger partial charge in [0.15, 0.2) is 0 Å². The lowest BCUT2D eigenvalue weighted by molar-refractivity contribution is 0.788. The maximum absolute atomic E-state index is 4.80. The molecule has 8 rings (SSSR count). The van der Waals surface area contributed by atoms with Gasteiger partial charge in [0, 0.05) is 22.0 Å². The molecule has 2 aliphatic rings. The number of nitrogens with zero attached hydrogens (tertiary/aromatic N) is 2. The lowest BCUT2D eigenvalue weighted by Crippen LogP contribution is -2.30. The zero-order chi connectivity index (χ0) is 27.9. The molecule has 2 atom stereocenters. The summed E-state index contributed by atoms with van der Waals surface area (Å²) in [6, 6.07) is 48.7. The van der Waals surface area contributed by atoms with E-state index in [1.165, 1.54) is 54.5 Å². The van der Waals surface area contributed by atoms with Crippen molar-refractivity contribution in [3.05, 3.63) is 163 Å². The molecule has 0 saturated heterocycles. The van der Waals surface area contributed by atoms with Crippen LogP contribution in [0, 0.1) is 0 Å². The van der Waals surface area contributed by atoms with Gasteiger partial charge in [-0.05, 0) is 81.1 Å². The molecule has 0 saturated carbocycles. The minimum absolute atomic E-state index is 0.00749. The summed E-state index contributed by atoms with van der Waals surface area (Å²) >= 11 is 0. The third-order valence-corrected chi connectivity index (χ3v) is 10.2. The fourth-order valence-electron chi connectivity index (χ4n) is 6.12. The van der Waals surface area contributed by atoms with E-state index in [0.29, 0.717) is 0 Å². The molecule has 0 aromatic heterocycles. The summed E-state index contributed by atoms with van der Waals surface area (Å²) in [6.07, 6.45) is 8.01. The van der Waals surface area contributed by atoms with Crippen molar-refractivity contribution in [2.75, 3.05) is 4.90 Å². The van der Waals surface area contributed by atoms with Crippen LogP contribution in [0.3, 0.4) is 0 Å². The highest BCUT2D eigenvalue weighted by Crippen LogP contribution is 2.37. The molecule has 0 radical (unpaired) electrons. The van der Waals surface area contributed by atoms with E-state index >= 15 is 0 Å².